The summed E-state index contributed by atoms with van der Waals surface area (Å²) < 4.78 is 4.85. The van der Waals surface area contributed by atoms with Crippen molar-refractivity contribution in [2.45, 2.75) is 16.6 Å². The van der Waals surface area contributed by atoms with Crippen molar-refractivity contribution in [1.82, 2.24) is 0 Å². The second-order valence-corrected chi connectivity index (χ2v) is 9.35. The summed E-state index contributed by atoms with van der Waals surface area (Å²) in [5.74, 6) is -0.894. The Bertz CT molecular complexity index is 1360. The van der Waals surface area contributed by atoms with Crippen LogP contribution in [0.3, 0.4) is 0 Å². The lowest BCUT2D eigenvalue weighted by atomic mass is 10.1. The Labute approximate surface area is 220 Å². The number of para-hydroxylation sites is 1. The van der Waals surface area contributed by atoms with Gasteiger partial charge in [0, 0.05) is 10.6 Å². The smallest absolute Gasteiger partial charge is 0.339 e. The minimum Gasteiger partial charge on any atom is -0.465 e. The first kappa shape index (κ1) is 25.7. The Morgan fingerprint density at radius 2 is 1.38 bits per heavy atom. The fourth-order valence-corrected chi connectivity index (χ4v) is 4.74. The molecule has 6 nitrogen and oxygen atoms in total. The zero-order valence-electron chi connectivity index (χ0n) is 20.2. The van der Waals surface area contributed by atoms with Gasteiger partial charge in [-0.15, -0.1) is 11.8 Å². The fraction of sp³-hybridized carbons (Fsp3) is 0.100. The maximum absolute atomic E-state index is 13.4. The normalized spacial score (nSPS) is 11.3. The molecule has 0 aliphatic heterocycles. The lowest BCUT2D eigenvalue weighted by molar-refractivity contribution is -0.116. The molecule has 1 unspecified atom stereocenters. The summed E-state index contributed by atoms with van der Waals surface area (Å²) in [7, 11) is 1.30. The third-order valence-corrected chi connectivity index (χ3v) is 6.80. The molecule has 0 saturated carbocycles. The molecule has 4 aromatic carbocycles. The Balaban J connectivity index is 1.48. The summed E-state index contributed by atoms with van der Waals surface area (Å²) in [4.78, 5) is 38.8. The lowest BCUT2D eigenvalue weighted by Gasteiger charge is -2.18. The number of ether oxygens (including phenoxy) is 1. The van der Waals surface area contributed by atoms with Gasteiger partial charge in [0.25, 0.3) is 0 Å². The fourth-order valence-electron chi connectivity index (χ4n) is 3.72. The topological polar surface area (TPSA) is 84.5 Å². The van der Waals surface area contributed by atoms with E-state index in [1.165, 1.54) is 18.9 Å². The van der Waals surface area contributed by atoms with Gasteiger partial charge >= 0.3 is 5.97 Å². The van der Waals surface area contributed by atoms with Gasteiger partial charge in [0.1, 0.15) is 5.25 Å². The highest BCUT2D eigenvalue weighted by Gasteiger charge is 2.24. The van der Waals surface area contributed by atoms with Crippen LogP contribution in [-0.2, 0) is 20.7 Å². The number of rotatable bonds is 9. The monoisotopic (exact) mass is 510 g/mol. The Morgan fingerprint density at radius 1 is 0.757 bits per heavy atom. The van der Waals surface area contributed by atoms with Crippen LogP contribution in [0.25, 0.3) is 0 Å². The highest BCUT2D eigenvalue weighted by molar-refractivity contribution is 8.00. The van der Waals surface area contributed by atoms with Crippen LogP contribution >= 0.6 is 11.8 Å². The van der Waals surface area contributed by atoms with Crippen molar-refractivity contribution < 1.29 is 19.1 Å². The minimum atomic E-state index is -0.578. The van der Waals surface area contributed by atoms with Crippen LogP contribution in [0.5, 0.6) is 0 Å². The zero-order valence-corrected chi connectivity index (χ0v) is 21.0. The summed E-state index contributed by atoms with van der Waals surface area (Å²) in [5, 5.41) is 5.22. The van der Waals surface area contributed by atoms with Crippen LogP contribution < -0.4 is 10.6 Å². The van der Waals surface area contributed by atoms with E-state index in [0.717, 1.165) is 16.0 Å². The van der Waals surface area contributed by atoms with Crippen LogP contribution in [0, 0.1) is 0 Å². The van der Waals surface area contributed by atoms with Crippen molar-refractivity contribution in [3.05, 3.63) is 126 Å². The Kier molecular flexibility index (Phi) is 8.73. The number of esters is 1. The molecule has 0 aliphatic rings. The summed E-state index contributed by atoms with van der Waals surface area (Å²) in [5.41, 5.74) is 3.11. The maximum atomic E-state index is 13.4. The molecular weight excluding hydrogens is 484 g/mol. The number of carbonyl (C=O) groups is 3. The molecule has 186 valence electrons. The summed E-state index contributed by atoms with van der Waals surface area (Å²) in [6.07, 6.45) is 0.292. The van der Waals surface area contributed by atoms with Gasteiger partial charge in [-0.1, -0.05) is 72.8 Å². The first-order chi connectivity index (χ1) is 18.0. The third-order valence-electron chi connectivity index (χ3n) is 5.53. The molecule has 0 bridgehead atoms. The van der Waals surface area contributed by atoms with Crippen molar-refractivity contribution in [2.75, 3.05) is 17.7 Å². The highest BCUT2D eigenvalue weighted by atomic mass is 32.2. The molecular formula is C30H26N2O4S. The molecule has 7 heteroatoms. The van der Waals surface area contributed by atoms with Gasteiger partial charge in [-0.3, -0.25) is 9.59 Å². The third kappa shape index (κ3) is 7.08. The minimum absolute atomic E-state index is 0.0996. The molecule has 37 heavy (non-hydrogen) atoms. The number of amides is 2. The van der Waals surface area contributed by atoms with Gasteiger partial charge in [0.15, 0.2) is 0 Å². The molecule has 0 heterocycles. The number of thioether (sulfide) groups is 1. The number of benzene rings is 4. The Hall–Kier alpha value is -4.36. The van der Waals surface area contributed by atoms with E-state index in [1.54, 1.807) is 24.3 Å². The second kappa shape index (κ2) is 12.6. The first-order valence-corrected chi connectivity index (χ1v) is 12.5. The molecule has 0 aromatic heterocycles. The van der Waals surface area contributed by atoms with E-state index in [2.05, 4.69) is 10.6 Å². The van der Waals surface area contributed by atoms with Crippen molar-refractivity contribution in [2.24, 2.45) is 0 Å². The molecule has 2 N–H and O–H groups in total. The standard InChI is InChI=1S/C30H26N2O4S/c1-36-30(35)25-14-8-9-15-26(25)32-29(34)28(22-12-6-3-7-13-22)37-24-18-16-23(17-19-24)31-27(33)20-21-10-4-2-5-11-21/h2-19,28H,20H2,1H3,(H,31,33)(H,32,34). The van der Waals surface area contributed by atoms with Gasteiger partial charge in [-0.25, -0.2) is 4.79 Å². The van der Waals surface area contributed by atoms with E-state index in [4.69, 9.17) is 4.74 Å². The number of carbonyl (C=O) groups excluding carboxylic acids is 3. The van der Waals surface area contributed by atoms with Gasteiger partial charge in [-0.2, -0.15) is 0 Å². The largest absolute Gasteiger partial charge is 0.465 e. The molecule has 0 radical (unpaired) electrons. The molecule has 4 rings (SSSR count). The summed E-state index contributed by atoms with van der Waals surface area (Å²) >= 11 is 1.38. The quantitative estimate of drug-likeness (QED) is 0.209. The van der Waals surface area contributed by atoms with E-state index in [1.807, 2.05) is 84.9 Å². The van der Waals surface area contributed by atoms with Crippen LogP contribution in [0.1, 0.15) is 26.7 Å². The average Bonchev–Trinajstić information content (AvgIpc) is 2.93. The predicted octanol–water partition coefficient (Wildman–Crippen LogP) is 6.13. The molecule has 4 aromatic rings. The molecule has 0 saturated heterocycles. The molecule has 0 aliphatic carbocycles. The van der Waals surface area contributed by atoms with Crippen molar-refractivity contribution in [3.63, 3.8) is 0 Å². The Morgan fingerprint density at radius 3 is 2.05 bits per heavy atom. The van der Waals surface area contributed by atoms with E-state index in [0.29, 0.717) is 17.8 Å². The summed E-state index contributed by atoms with van der Waals surface area (Å²) in [6, 6.07) is 33.1. The molecule has 0 spiro atoms. The van der Waals surface area contributed by atoms with Crippen molar-refractivity contribution in [3.8, 4) is 0 Å². The molecule has 1 atom stereocenters. The van der Waals surface area contributed by atoms with E-state index in [9.17, 15) is 14.4 Å². The molecule has 0 fully saturated rings. The van der Waals surface area contributed by atoms with Gasteiger partial charge in [0.2, 0.25) is 11.8 Å². The van der Waals surface area contributed by atoms with E-state index >= 15 is 0 Å². The van der Waals surface area contributed by atoms with Crippen LogP contribution in [-0.4, -0.2) is 24.9 Å². The maximum Gasteiger partial charge on any atom is 0.339 e. The average molecular weight is 511 g/mol. The van der Waals surface area contributed by atoms with Gasteiger partial charge < -0.3 is 15.4 Å². The number of hydrogen-bond acceptors (Lipinski definition) is 5. The van der Waals surface area contributed by atoms with E-state index in [-0.39, 0.29) is 17.4 Å². The van der Waals surface area contributed by atoms with Crippen molar-refractivity contribution >= 4 is 40.9 Å². The zero-order chi connectivity index (χ0) is 26.0. The van der Waals surface area contributed by atoms with Crippen molar-refractivity contribution in [1.29, 1.82) is 0 Å². The lowest BCUT2D eigenvalue weighted by Crippen LogP contribution is -2.20. The number of anilines is 2. The first-order valence-electron chi connectivity index (χ1n) is 11.7. The highest BCUT2D eigenvalue weighted by Crippen LogP contribution is 2.37. The number of nitrogens with one attached hydrogen (secondary N) is 2. The second-order valence-electron chi connectivity index (χ2n) is 8.17. The van der Waals surface area contributed by atoms with Gasteiger partial charge in [0.05, 0.1) is 24.8 Å². The van der Waals surface area contributed by atoms with Crippen LogP contribution in [0.2, 0.25) is 0 Å². The van der Waals surface area contributed by atoms with E-state index < -0.39 is 11.2 Å². The molecule has 2 amide bonds. The van der Waals surface area contributed by atoms with Gasteiger partial charge in [-0.05, 0) is 47.5 Å². The number of methoxy groups -OCH3 is 1. The van der Waals surface area contributed by atoms with Crippen LogP contribution in [0.15, 0.2) is 114 Å². The SMILES string of the molecule is COC(=O)c1ccccc1NC(=O)C(Sc1ccc(NC(=O)Cc2ccccc2)cc1)c1ccccc1. The number of hydrogen-bond donors (Lipinski definition) is 2. The summed E-state index contributed by atoms with van der Waals surface area (Å²) in [6.45, 7) is 0. The van der Waals surface area contributed by atoms with Crippen LogP contribution in [0.4, 0.5) is 11.4 Å². The predicted molar refractivity (Wildman–Crippen MR) is 147 cm³/mol.